The third-order valence-corrected chi connectivity index (χ3v) is 0. The summed E-state index contributed by atoms with van der Waals surface area (Å²) in [5, 5.41) is 0. The van der Waals surface area contributed by atoms with Gasteiger partial charge in [-0.05, 0) is 0 Å². The fourth-order valence-corrected chi connectivity index (χ4v) is 0. The normalized spacial score (nSPS) is 0. The van der Waals surface area contributed by atoms with Gasteiger partial charge >= 0.3 is 0 Å². The summed E-state index contributed by atoms with van der Waals surface area (Å²) in [4.78, 5) is 0. The Balaban J connectivity index is 0. The SMILES string of the molecule is O.[Nb].[Ni].[W]. The molecule has 0 aromatic heterocycles. The average molecular weight is 353 g/mol. The Hall–Kier alpha value is 1.88. The van der Waals surface area contributed by atoms with Gasteiger partial charge in [0, 0.05) is 59.9 Å². The van der Waals surface area contributed by atoms with E-state index in [0.29, 0.717) is 0 Å². The van der Waals surface area contributed by atoms with Crippen LogP contribution in [-0.2, 0) is 59.9 Å². The van der Waals surface area contributed by atoms with Crippen LogP contribution in [0.2, 0.25) is 0 Å². The van der Waals surface area contributed by atoms with Gasteiger partial charge in [0.15, 0.2) is 0 Å². The second-order valence-corrected chi connectivity index (χ2v) is 0. The van der Waals surface area contributed by atoms with Crippen LogP contribution in [0.4, 0.5) is 0 Å². The largest absolute Gasteiger partial charge is 0.412 e. The Bertz CT molecular complexity index is 8.00. The first-order chi connectivity index (χ1) is 0. The van der Waals surface area contributed by atoms with Gasteiger partial charge in [-0.25, -0.2) is 0 Å². The van der Waals surface area contributed by atoms with E-state index in [1.807, 2.05) is 0 Å². The van der Waals surface area contributed by atoms with Crippen molar-refractivity contribution >= 4 is 0 Å². The summed E-state index contributed by atoms with van der Waals surface area (Å²) < 4.78 is 0. The fraction of sp³-hybridized carbons (Fsp3) is 0. The Morgan fingerprint density at radius 2 is 1.00 bits per heavy atom. The summed E-state index contributed by atoms with van der Waals surface area (Å²) in [5.41, 5.74) is 0. The van der Waals surface area contributed by atoms with Gasteiger partial charge in [-0.2, -0.15) is 0 Å². The zero-order valence-electron chi connectivity index (χ0n) is 1.67. The molecular weight excluding hydrogens is 351 g/mol. The zero-order valence-corrected chi connectivity index (χ0v) is 7.79. The van der Waals surface area contributed by atoms with E-state index in [9.17, 15) is 0 Å². The summed E-state index contributed by atoms with van der Waals surface area (Å²) in [6.07, 6.45) is 0. The number of hydrogen-bond acceptors (Lipinski definition) is 0. The molecular formula is H2NbNiOW. The van der Waals surface area contributed by atoms with Gasteiger partial charge in [0.05, 0.1) is 0 Å². The Kier molecular flexibility index (Phi) is 206. The molecule has 4 heavy (non-hydrogen) atoms. The van der Waals surface area contributed by atoms with E-state index >= 15 is 0 Å². The predicted molar refractivity (Wildman–Crippen MR) is 3.61 cm³/mol. The van der Waals surface area contributed by atoms with Gasteiger partial charge < -0.3 is 5.48 Å². The van der Waals surface area contributed by atoms with Gasteiger partial charge in [-0.15, -0.1) is 0 Å². The fourth-order valence-electron chi connectivity index (χ4n) is 0. The maximum atomic E-state index is 0. The predicted octanol–water partition coefficient (Wildman–Crippen LogP) is -0.832. The maximum Gasteiger partial charge on any atom is 0 e. The monoisotopic (exact) mass is 353 g/mol. The molecule has 0 aromatic carbocycles. The van der Waals surface area contributed by atoms with Crippen molar-refractivity contribution in [1.82, 2.24) is 0 Å². The van der Waals surface area contributed by atoms with E-state index in [1.54, 1.807) is 0 Å². The summed E-state index contributed by atoms with van der Waals surface area (Å²) in [7, 11) is 0. The molecule has 0 amide bonds. The molecule has 0 spiro atoms. The van der Waals surface area contributed by atoms with Crippen molar-refractivity contribution in [3.63, 3.8) is 0 Å². The Labute approximate surface area is 64.9 Å². The molecule has 0 fully saturated rings. The third-order valence-electron chi connectivity index (χ3n) is 0. The van der Waals surface area contributed by atoms with E-state index in [4.69, 9.17) is 0 Å². The van der Waals surface area contributed by atoms with Gasteiger partial charge in [-0.1, -0.05) is 0 Å². The molecule has 0 unspecified atom stereocenters. The Morgan fingerprint density at radius 1 is 1.00 bits per heavy atom. The molecule has 29 valence electrons. The van der Waals surface area contributed by atoms with E-state index in [-0.39, 0.29) is 65.4 Å². The maximum absolute atomic E-state index is 0. The summed E-state index contributed by atoms with van der Waals surface area (Å²) in [6.45, 7) is 0. The standard InChI is InChI=1S/Nb.Ni.H2O.W/h;;1H2;. The van der Waals surface area contributed by atoms with Crippen molar-refractivity contribution in [2.45, 2.75) is 0 Å². The minimum absolute atomic E-state index is 0. The molecule has 2 N–H and O–H groups in total. The zero-order chi connectivity index (χ0) is 0. The van der Waals surface area contributed by atoms with Gasteiger partial charge in [-0.3, -0.25) is 0 Å². The first kappa shape index (κ1) is 39.6. The summed E-state index contributed by atoms with van der Waals surface area (Å²) in [6, 6.07) is 0. The molecule has 0 rings (SSSR count). The van der Waals surface area contributed by atoms with Crippen LogP contribution in [0, 0.1) is 0 Å². The van der Waals surface area contributed by atoms with E-state index in [2.05, 4.69) is 0 Å². The molecule has 0 aromatic rings. The molecule has 0 aliphatic heterocycles. The van der Waals surface area contributed by atoms with Crippen molar-refractivity contribution in [3.8, 4) is 0 Å². The third kappa shape index (κ3) is 9.10. The second kappa shape index (κ2) is 20.8. The van der Waals surface area contributed by atoms with Crippen LogP contribution in [-0.4, -0.2) is 5.48 Å². The molecule has 0 bridgehead atoms. The smallest absolute Gasteiger partial charge is 0 e. The summed E-state index contributed by atoms with van der Waals surface area (Å²) >= 11 is 0. The molecule has 0 aliphatic rings. The van der Waals surface area contributed by atoms with Crippen molar-refractivity contribution in [2.24, 2.45) is 0 Å². The van der Waals surface area contributed by atoms with Crippen LogP contribution < -0.4 is 0 Å². The van der Waals surface area contributed by atoms with Gasteiger partial charge in [0.25, 0.3) is 0 Å². The summed E-state index contributed by atoms with van der Waals surface area (Å²) in [5.74, 6) is 0. The van der Waals surface area contributed by atoms with Crippen molar-refractivity contribution in [1.29, 1.82) is 0 Å². The molecule has 0 heterocycles. The second-order valence-electron chi connectivity index (χ2n) is 0. The van der Waals surface area contributed by atoms with Crippen LogP contribution >= 0.6 is 0 Å². The van der Waals surface area contributed by atoms with Crippen LogP contribution in [0.15, 0.2) is 0 Å². The number of hydrogen-bond donors (Lipinski definition) is 0. The minimum atomic E-state index is 0. The van der Waals surface area contributed by atoms with Crippen molar-refractivity contribution < 1.29 is 65.4 Å². The molecule has 0 saturated carbocycles. The first-order valence-electron chi connectivity index (χ1n) is 0. The average Bonchev–Trinajstić information content (AvgIpc) is 0. The molecule has 0 atom stereocenters. The molecule has 1 nitrogen and oxygen atoms in total. The van der Waals surface area contributed by atoms with Crippen molar-refractivity contribution in [3.05, 3.63) is 0 Å². The van der Waals surface area contributed by atoms with Crippen LogP contribution in [0.5, 0.6) is 0 Å². The molecule has 0 aliphatic carbocycles. The molecule has 0 saturated heterocycles. The van der Waals surface area contributed by atoms with Gasteiger partial charge in [0.2, 0.25) is 0 Å². The Morgan fingerprint density at radius 3 is 1.00 bits per heavy atom. The van der Waals surface area contributed by atoms with Gasteiger partial charge in [0.1, 0.15) is 0 Å². The number of rotatable bonds is 0. The van der Waals surface area contributed by atoms with Crippen LogP contribution in [0.3, 0.4) is 0 Å². The topological polar surface area (TPSA) is 31.5 Å². The van der Waals surface area contributed by atoms with E-state index < -0.39 is 0 Å². The molecule has 1 radical (unpaired) electrons. The van der Waals surface area contributed by atoms with Crippen molar-refractivity contribution in [2.75, 3.05) is 0 Å². The van der Waals surface area contributed by atoms with E-state index in [0.717, 1.165) is 0 Å². The molecule has 4 heteroatoms. The van der Waals surface area contributed by atoms with E-state index in [1.165, 1.54) is 0 Å². The quantitative estimate of drug-likeness (QED) is 0.509. The first-order valence-corrected chi connectivity index (χ1v) is 0. The minimum Gasteiger partial charge on any atom is -0.412 e. The van der Waals surface area contributed by atoms with Crippen LogP contribution in [0.1, 0.15) is 0 Å². The van der Waals surface area contributed by atoms with Crippen LogP contribution in [0.25, 0.3) is 0 Å².